The lowest BCUT2D eigenvalue weighted by atomic mass is 9.98. The van der Waals surface area contributed by atoms with E-state index in [0.717, 1.165) is 37.3 Å². The summed E-state index contributed by atoms with van der Waals surface area (Å²) in [6, 6.07) is 8.41. The maximum Gasteiger partial charge on any atom is 0.134 e. The van der Waals surface area contributed by atoms with Gasteiger partial charge in [-0.3, -0.25) is 4.90 Å². The second kappa shape index (κ2) is 6.18. The molecule has 3 rings (SSSR count). The summed E-state index contributed by atoms with van der Waals surface area (Å²) in [6.07, 6.45) is 2.60. The predicted octanol–water partition coefficient (Wildman–Crippen LogP) is 2.85. The van der Waals surface area contributed by atoms with Gasteiger partial charge in [-0.25, -0.2) is 0 Å². The van der Waals surface area contributed by atoms with Gasteiger partial charge in [-0.05, 0) is 32.4 Å². The summed E-state index contributed by atoms with van der Waals surface area (Å²) in [7, 11) is 1.80. The number of ether oxygens (including phenoxy) is 1. The van der Waals surface area contributed by atoms with Crippen molar-refractivity contribution in [3.63, 3.8) is 0 Å². The summed E-state index contributed by atoms with van der Waals surface area (Å²) in [6.45, 7) is 4.65. The van der Waals surface area contributed by atoms with Crippen LogP contribution >= 0.6 is 0 Å². The third-order valence-electron chi connectivity index (χ3n) is 4.56. The maximum atomic E-state index is 6.12. The molecule has 0 spiro atoms. The first-order valence-electron chi connectivity index (χ1n) is 7.69. The second-order valence-electron chi connectivity index (χ2n) is 5.81. The molecule has 2 unspecified atom stereocenters. The zero-order valence-electron chi connectivity index (χ0n) is 12.8. The van der Waals surface area contributed by atoms with Crippen molar-refractivity contribution in [1.29, 1.82) is 0 Å². The minimum absolute atomic E-state index is 0.201. The van der Waals surface area contributed by atoms with E-state index in [4.69, 9.17) is 14.9 Å². The number of furan rings is 1. The highest BCUT2D eigenvalue weighted by Crippen LogP contribution is 2.34. The molecule has 114 valence electrons. The van der Waals surface area contributed by atoms with Gasteiger partial charge in [0.1, 0.15) is 11.3 Å². The summed E-state index contributed by atoms with van der Waals surface area (Å²) in [5.74, 6) is 0.978. The molecule has 2 aromatic rings. The van der Waals surface area contributed by atoms with Crippen molar-refractivity contribution in [1.82, 2.24) is 4.90 Å². The third kappa shape index (κ3) is 2.71. The molecule has 0 amide bonds. The SMILES string of the molecule is COC1CCCN(C(CN)c2c(C)oc3ccccc23)C1. The molecule has 1 aromatic carbocycles. The van der Waals surface area contributed by atoms with Crippen LogP contribution in [0.25, 0.3) is 11.0 Å². The monoisotopic (exact) mass is 288 g/mol. The van der Waals surface area contributed by atoms with E-state index in [9.17, 15) is 0 Å². The highest BCUT2D eigenvalue weighted by molar-refractivity contribution is 5.82. The van der Waals surface area contributed by atoms with E-state index >= 15 is 0 Å². The fourth-order valence-electron chi connectivity index (χ4n) is 3.49. The molecule has 2 heterocycles. The Bertz CT molecular complexity index is 608. The lowest BCUT2D eigenvalue weighted by molar-refractivity contribution is 0.0155. The second-order valence-corrected chi connectivity index (χ2v) is 5.81. The zero-order chi connectivity index (χ0) is 14.8. The molecule has 1 aliphatic rings. The lowest BCUT2D eigenvalue weighted by Gasteiger charge is -2.37. The molecule has 4 heteroatoms. The predicted molar refractivity (Wildman–Crippen MR) is 84.4 cm³/mol. The van der Waals surface area contributed by atoms with Crippen LogP contribution in [0.2, 0.25) is 0 Å². The zero-order valence-corrected chi connectivity index (χ0v) is 12.8. The van der Waals surface area contributed by atoms with Crippen LogP contribution in [-0.4, -0.2) is 37.7 Å². The number of likely N-dealkylation sites (tertiary alicyclic amines) is 1. The van der Waals surface area contributed by atoms with E-state index in [1.54, 1.807) is 7.11 Å². The lowest BCUT2D eigenvalue weighted by Crippen LogP contribution is -2.43. The number of benzene rings is 1. The van der Waals surface area contributed by atoms with Crippen molar-refractivity contribution in [2.45, 2.75) is 31.9 Å². The van der Waals surface area contributed by atoms with Crippen molar-refractivity contribution in [2.24, 2.45) is 5.73 Å². The highest BCUT2D eigenvalue weighted by atomic mass is 16.5. The van der Waals surface area contributed by atoms with Crippen LogP contribution in [0.3, 0.4) is 0 Å². The van der Waals surface area contributed by atoms with Crippen molar-refractivity contribution in [3.8, 4) is 0 Å². The molecular formula is C17H24N2O2. The van der Waals surface area contributed by atoms with Gasteiger partial charge in [0.15, 0.2) is 0 Å². The Morgan fingerprint density at radius 2 is 2.24 bits per heavy atom. The van der Waals surface area contributed by atoms with Gasteiger partial charge in [-0.1, -0.05) is 18.2 Å². The third-order valence-corrected chi connectivity index (χ3v) is 4.56. The topological polar surface area (TPSA) is 51.6 Å². The Balaban J connectivity index is 1.96. The first kappa shape index (κ1) is 14.6. The van der Waals surface area contributed by atoms with Crippen molar-refractivity contribution < 1.29 is 9.15 Å². The van der Waals surface area contributed by atoms with Crippen LogP contribution in [0.5, 0.6) is 0 Å². The highest BCUT2D eigenvalue weighted by Gasteiger charge is 2.29. The standard InChI is InChI=1S/C17H24N2O2/c1-12-17(14-7-3-4-8-16(14)21-12)15(10-18)19-9-5-6-13(11-19)20-2/h3-4,7-8,13,15H,5-6,9-11,18H2,1-2H3. The quantitative estimate of drug-likeness (QED) is 0.940. The fourth-order valence-corrected chi connectivity index (χ4v) is 3.49. The van der Waals surface area contributed by atoms with Crippen LogP contribution in [-0.2, 0) is 4.74 Å². The van der Waals surface area contributed by atoms with Gasteiger partial charge in [0, 0.05) is 31.1 Å². The van der Waals surface area contributed by atoms with E-state index in [-0.39, 0.29) is 6.04 Å². The number of nitrogens with zero attached hydrogens (tertiary/aromatic N) is 1. The van der Waals surface area contributed by atoms with Crippen LogP contribution in [0.15, 0.2) is 28.7 Å². The number of piperidine rings is 1. The number of hydrogen-bond acceptors (Lipinski definition) is 4. The molecule has 4 nitrogen and oxygen atoms in total. The van der Waals surface area contributed by atoms with Crippen LogP contribution in [0.4, 0.5) is 0 Å². The number of fused-ring (bicyclic) bond motifs is 1. The molecule has 0 radical (unpaired) electrons. The van der Waals surface area contributed by atoms with Gasteiger partial charge >= 0.3 is 0 Å². The van der Waals surface area contributed by atoms with Gasteiger partial charge < -0.3 is 14.9 Å². The Morgan fingerprint density at radius 1 is 1.43 bits per heavy atom. The normalized spacial score (nSPS) is 21.8. The summed E-state index contributed by atoms with van der Waals surface area (Å²) >= 11 is 0. The molecule has 2 N–H and O–H groups in total. The summed E-state index contributed by atoms with van der Waals surface area (Å²) in [5, 5.41) is 1.19. The summed E-state index contributed by atoms with van der Waals surface area (Å²) in [5.41, 5.74) is 8.31. The molecule has 1 aromatic heterocycles. The first-order chi connectivity index (χ1) is 10.2. The van der Waals surface area contributed by atoms with Crippen molar-refractivity contribution >= 4 is 11.0 Å². The Morgan fingerprint density at radius 3 is 3.00 bits per heavy atom. The molecule has 1 aliphatic heterocycles. The van der Waals surface area contributed by atoms with E-state index < -0.39 is 0 Å². The first-order valence-corrected chi connectivity index (χ1v) is 7.69. The Kier molecular flexibility index (Phi) is 4.29. The van der Waals surface area contributed by atoms with Gasteiger partial charge in [0.05, 0.1) is 12.1 Å². The number of para-hydroxylation sites is 1. The number of methoxy groups -OCH3 is 1. The number of hydrogen-bond donors (Lipinski definition) is 1. The largest absolute Gasteiger partial charge is 0.461 e. The van der Waals surface area contributed by atoms with Gasteiger partial charge in [0.25, 0.3) is 0 Å². The molecule has 0 aliphatic carbocycles. The van der Waals surface area contributed by atoms with E-state index in [1.165, 1.54) is 10.9 Å². The van der Waals surface area contributed by atoms with E-state index in [0.29, 0.717) is 12.6 Å². The van der Waals surface area contributed by atoms with Crippen LogP contribution < -0.4 is 5.73 Å². The average Bonchev–Trinajstić information content (AvgIpc) is 2.85. The molecule has 2 atom stereocenters. The van der Waals surface area contributed by atoms with Gasteiger partial charge in [-0.2, -0.15) is 0 Å². The molecule has 1 fully saturated rings. The molecule has 1 saturated heterocycles. The van der Waals surface area contributed by atoms with E-state index in [1.807, 2.05) is 19.1 Å². The van der Waals surface area contributed by atoms with Crippen molar-refractivity contribution in [2.75, 3.05) is 26.7 Å². The van der Waals surface area contributed by atoms with Crippen molar-refractivity contribution in [3.05, 3.63) is 35.6 Å². The smallest absolute Gasteiger partial charge is 0.134 e. The van der Waals surface area contributed by atoms with E-state index in [2.05, 4.69) is 17.0 Å². The van der Waals surface area contributed by atoms with Gasteiger partial charge in [-0.15, -0.1) is 0 Å². The molecule has 21 heavy (non-hydrogen) atoms. The average molecular weight is 288 g/mol. The fraction of sp³-hybridized carbons (Fsp3) is 0.529. The maximum absolute atomic E-state index is 6.12. The number of rotatable bonds is 4. The van der Waals surface area contributed by atoms with Gasteiger partial charge in [0.2, 0.25) is 0 Å². The summed E-state index contributed by atoms with van der Waals surface area (Å²) < 4.78 is 11.5. The minimum atomic E-state index is 0.201. The molecular weight excluding hydrogens is 264 g/mol. The Labute approximate surface area is 125 Å². The number of nitrogens with two attached hydrogens (primary N) is 1. The molecule has 0 saturated carbocycles. The van der Waals surface area contributed by atoms with Crippen LogP contribution in [0, 0.1) is 6.92 Å². The minimum Gasteiger partial charge on any atom is -0.461 e. The summed E-state index contributed by atoms with van der Waals surface area (Å²) in [4.78, 5) is 2.45. The number of aryl methyl sites for hydroxylation is 1. The molecule has 0 bridgehead atoms. The Hall–Kier alpha value is -1.36. The van der Waals surface area contributed by atoms with Crippen LogP contribution in [0.1, 0.15) is 30.2 Å².